The molecule has 3 heterocycles. The van der Waals surface area contributed by atoms with Gasteiger partial charge in [0, 0.05) is 29.9 Å². The Morgan fingerprint density at radius 1 is 1.59 bits per heavy atom. The second-order valence-corrected chi connectivity index (χ2v) is 5.95. The van der Waals surface area contributed by atoms with E-state index in [9.17, 15) is 4.79 Å². The molecule has 0 radical (unpaired) electrons. The predicted molar refractivity (Wildman–Crippen MR) is 85.6 cm³/mol. The molecule has 3 rings (SSSR count). The number of aromatic nitrogens is 2. The third-order valence-electron chi connectivity index (χ3n) is 4.27. The topological polar surface area (TPSA) is 56.2 Å². The molecular formula is C17H23N3O2. The molecule has 118 valence electrons. The highest BCUT2D eigenvalue weighted by molar-refractivity contribution is 5.82. The molecule has 5 heteroatoms. The summed E-state index contributed by atoms with van der Waals surface area (Å²) in [5, 5.41) is 4.08. The van der Waals surface area contributed by atoms with E-state index in [-0.39, 0.29) is 18.1 Å². The van der Waals surface area contributed by atoms with Crippen LogP contribution < -0.4 is 5.32 Å². The van der Waals surface area contributed by atoms with Crippen molar-refractivity contribution in [3.8, 4) is 0 Å². The summed E-state index contributed by atoms with van der Waals surface area (Å²) >= 11 is 0. The number of nitrogens with one attached hydrogen (secondary N) is 1. The summed E-state index contributed by atoms with van der Waals surface area (Å²) in [6.07, 6.45) is 4.84. The highest BCUT2D eigenvalue weighted by atomic mass is 16.5. The van der Waals surface area contributed by atoms with Crippen LogP contribution in [0.2, 0.25) is 0 Å². The van der Waals surface area contributed by atoms with Crippen LogP contribution in [0.1, 0.15) is 44.9 Å². The van der Waals surface area contributed by atoms with Crippen LogP contribution in [0.25, 0.3) is 11.0 Å². The molecule has 1 saturated heterocycles. The molecule has 1 amide bonds. The molecule has 1 aliphatic heterocycles. The maximum absolute atomic E-state index is 12.3. The van der Waals surface area contributed by atoms with Crippen molar-refractivity contribution in [1.29, 1.82) is 0 Å². The summed E-state index contributed by atoms with van der Waals surface area (Å²) in [6, 6.07) is 6.25. The van der Waals surface area contributed by atoms with Crippen LogP contribution >= 0.6 is 0 Å². The fourth-order valence-corrected chi connectivity index (χ4v) is 2.92. The molecule has 0 aromatic carbocycles. The van der Waals surface area contributed by atoms with Crippen molar-refractivity contribution in [3.63, 3.8) is 0 Å². The van der Waals surface area contributed by atoms with E-state index in [0.29, 0.717) is 6.54 Å². The Kier molecular flexibility index (Phi) is 4.43. The van der Waals surface area contributed by atoms with Gasteiger partial charge in [-0.1, -0.05) is 6.92 Å². The number of ether oxygens (including phenoxy) is 1. The molecule has 1 aliphatic rings. The number of hydrogen-bond donors (Lipinski definition) is 1. The zero-order valence-corrected chi connectivity index (χ0v) is 13.2. The Labute approximate surface area is 130 Å². The van der Waals surface area contributed by atoms with Gasteiger partial charge in [0.25, 0.3) is 0 Å². The lowest BCUT2D eigenvalue weighted by Gasteiger charge is -2.16. The predicted octanol–water partition coefficient (Wildman–Crippen LogP) is 2.80. The first-order valence-corrected chi connectivity index (χ1v) is 8.04. The minimum absolute atomic E-state index is 0.0248. The number of carbonyl (C=O) groups excluding carboxylic acids is 1. The fraction of sp³-hybridized carbons (Fsp3) is 0.529. The Bertz CT molecular complexity index is 659. The number of fused-ring (bicyclic) bond motifs is 1. The van der Waals surface area contributed by atoms with Gasteiger partial charge in [0.2, 0.25) is 5.91 Å². The van der Waals surface area contributed by atoms with Gasteiger partial charge in [0.1, 0.15) is 12.2 Å². The quantitative estimate of drug-likeness (QED) is 0.924. The molecular weight excluding hydrogens is 278 g/mol. The average molecular weight is 301 g/mol. The molecule has 0 aliphatic carbocycles. The Hall–Kier alpha value is -1.88. The van der Waals surface area contributed by atoms with Gasteiger partial charge in [-0.05, 0) is 44.4 Å². The van der Waals surface area contributed by atoms with Crippen molar-refractivity contribution < 1.29 is 9.53 Å². The van der Waals surface area contributed by atoms with Crippen LogP contribution in [-0.4, -0.2) is 28.1 Å². The summed E-state index contributed by atoms with van der Waals surface area (Å²) in [5.41, 5.74) is 1.91. The first-order chi connectivity index (χ1) is 10.7. The summed E-state index contributed by atoms with van der Waals surface area (Å²) < 4.78 is 7.82. The highest BCUT2D eigenvalue weighted by Gasteiger charge is 2.24. The second kappa shape index (κ2) is 6.48. The van der Waals surface area contributed by atoms with E-state index >= 15 is 0 Å². The molecule has 5 nitrogen and oxygen atoms in total. The summed E-state index contributed by atoms with van der Waals surface area (Å²) in [4.78, 5) is 16.7. The summed E-state index contributed by atoms with van der Waals surface area (Å²) in [5.74, 6) is 0.0248. The van der Waals surface area contributed by atoms with Crippen molar-refractivity contribution in [3.05, 3.63) is 30.1 Å². The first-order valence-electron chi connectivity index (χ1n) is 8.04. The van der Waals surface area contributed by atoms with E-state index in [1.807, 2.05) is 23.6 Å². The van der Waals surface area contributed by atoms with Crippen molar-refractivity contribution in [2.45, 2.75) is 51.8 Å². The minimum Gasteiger partial charge on any atom is -0.372 e. The van der Waals surface area contributed by atoms with Gasteiger partial charge >= 0.3 is 0 Å². The average Bonchev–Trinajstić information content (AvgIpc) is 3.15. The molecule has 2 atom stereocenters. The van der Waals surface area contributed by atoms with E-state index < -0.39 is 0 Å². The normalized spacial score (nSPS) is 19.5. The number of rotatable bonds is 5. The van der Waals surface area contributed by atoms with Crippen LogP contribution in [0.5, 0.6) is 0 Å². The van der Waals surface area contributed by atoms with Crippen molar-refractivity contribution in [2.75, 3.05) is 6.61 Å². The van der Waals surface area contributed by atoms with E-state index in [0.717, 1.165) is 42.6 Å². The molecule has 0 spiro atoms. The monoisotopic (exact) mass is 301 g/mol. The molecule has 22 heavy (non-hydrogen) atoms. The van der Waals surface area contributed by atoms with Gasteiger partial charge in [-0.25, -0.2) is 4.98 Å². The Morgan fingerprint density at radius 2 is 2.45 bits per heavy atom. The van der Waals surface area contributed by atoms with Crippen LogP contribution in [0.15, 0.2) is 24.4 Å². The van der Waals surface area contributed by atoms with E-state index in [4.69, 9.17) is 4.74 Å². The molecule has 2 aromatic heterocycles. The molecule has 1 fully saturated rings. The smallest absolute Gasteiger partial charge is 0.240 e. The molecule has 0 bridgehead atoms. The van der Waals surface area contributed by atoms with Gasteiger partial charge in [-0.2, -0.15) is 0 Å². The van der Waals surface area contributed by atoms with Crippen LogP contribution in [0.4, 0.5) is 0 Å². The van der Waals surface area contributed by atoms with Gasteiger partial charge in [-0.15, -0.1) is 0 Å². The lowest BCUT2D eigenvalue weighted by Crippen LogP contribution is -2.35. The molecule has 2 aromatic rings. The van der Waals surface area contributed by atoms with E-state index in [1.54, 1.807) is 6.20 Å². The number of amides is 1. The molecule has 0 unspecified atom stereocenters. The largest absolute Gasteiger partial charge is 0.372 e. The van der Waals surface area contributed by atoms with E-state index in [1.165, 1.54) is 0 Å². The van der Waals surface area contributed by atoms with Crippen molar-refractivity contribution >= 4 is 16.9 Å². The zero-order valence-electron chi connectivity index (χ0n) is 13.2. The number of pyridine rings is 1. The number of nitrogens with zero attached hydrogens (tertiary/aromatic N) is 2. The standard InChI is InChI=1S/C17H23N3O2/c1-3-12(2)19-16(21)11-20-14(15-7-5-9-22-15)10-13-6-4-8-18-17(13)20/h4,6,8,10,12,15H,3,5,7,9,11H2,1-2H3,(H,19,21)/t12-,15+/m1/s1. The number of carbonyl (C=O) groups is 1. The van der Waals surface area contributed by atoms with Crippen LogP contribution in [0, 0.1) is 0 Å². The highest BCUT2D eigenvalue weighted by Crippen LogP contribution is 2.32. The molecule has 1 N–H and O–H groups in total. The third kappa shape index (κ3) is 2.99. The van der Waals surface area contributed by atoms with Crippen LogP contribution in [0.3, 0.4) is 0 Å². The fourth-order valence-electron chi connectivity index (χ4n) is 2.92. The van der Waals surface area contributed by atoms with Gasteiger partial charge < -0.3 is 14.6 Å². The number of hydrogen-bond acceptors (Lipinski definition) is 3. The van der Waals surface area contributed by atoms with Gasteiger partial charge in [0.05, 0.1) is 6.10 Å². The van der Waals surface area contributed by atoms with Crippen molar-refractivity contribution in [2.24, 2.45) is 0 Å². The Morgan fingerprint density at radius 3 is 3.18 bits per heavy atom. The maximum atomic E-state index is 12.3. The molecule has 0 saturated carbocycles. The van der Waals surface area contributed by atoms with Crippen molar-refractivity contribution in [1.82, 2.24) is 14.9 Å². The van der Waals surface area contributed by atoms with E-state index in [2.05, 4.69) is 23.3 Å². The zero-order chi connectivity index (χ0) is 15.5. The lowest BCUT2D eigenvalue weighted by atomic mass is 10.2. The Balaban J connectivity index is 1.91. The minimum atomic E-state index is 0.0248. The second-order valence-electron chi connectivity index (χ2n) is 5.95. The van der Waals surface area contributed by atoms with Gasteiger partial charge in [-0.3, -0.25) is 4.79 Å². The summed E-state index contributed by atoms with van der Waals surface area (Å²) in [7, 11) is 0. The SMILES string of the molecule is CC[C@@H](C)NC(=O)Cn1c([C@@H]2CCCO2)cc2cccnc21. The summed E-state index contributed by atoms with van der Waals surface area (Å²) in [6.45, 7) is 5.17. The third-order valence-corrected chi connectivity index (χ3v) is 4.27. The van der Waals surface area contributed by atoms with Crippen LogP contribution in [-0.2, 0) is 16.1 Å². The first kappa shape index (κ1) is 15.0. The lowest BCUT2D eigenvalue weighted by molar-refractivity contribution is -0.122. The van der Waals surface area contributed by atoms with Gasteiger partial charge in [0.15, 0.2) is 0 Å². The maximum Gasteiger partial charge on any atom is 0.240 e.